The fourth-order valence-electron chi connectivity index (χ4n) is 1.08. The van der Waals surface area contributed by atoms with Crippen LogP contribution in [0.4, 0.5) is 0 Å². The molecular formula is C10H12BrNO2. The van der Waals surface area contributed by atoms with Crippen molar-refractivity contribution in [1.29, 1.82) is 0 Å². The Kier molecular flexibility index (Phi) is 4.46. The molecular weight excluding hydrogens is 246 g/mol. The van der Waals surface area contributed by atoms with E-state index in [1.54, 1.807) is 24.3 Å². The van der Waals surface area contributed by atoms with E-state index in [0.29, 0.717) is 12.1 Å². The second kappa shape index (κ2) is 5.65. The van der Waals surface area contributed by atoms with Crippen LogP contribution < -0.4 is 5.32 Å². The number of phenols is 1. The summed E-state index contributed by atoms with van der Waals surface area (Å²) in [5.74, 6) is 0.0902. The van der Waals surface area contributed by atoms with Gasteiger partial charge in [0.2, 0.25) is 5.91 Å². The van der Waals surface area contributed by atoms with Crippen LogP contribution in [0.15, 0.2) is 24.3 Å². The molecule has 2 N–H and O–H groups in total. The average Bonchev–Trinajstić information content (AvgIpc) is 2.18. The number of hydrogen-bond donors (Lipinski definition) is 2. The molecule has 1 rings (SSSR count). The molecule has 3 nitrogen and oxygen atoms in total. The van der Waals surface area contributed by atoms with Gasteiger partial charge in [-0.25, -0.2) is 0 Å². The van der Waals surface area contributed by atoms with Crippen molar-refractivity contribution in [2.24, 2.45) is 0 Å². The van der Waals surface area contributed by atoms with Crippen molar-refractivity contribution in [2.45, 2.75) is 6.42 Å². The molecule has 0 spiro atoms. The molecule has 4 heteroatoms. The van der Waals surface area contributed by atoms with E-state index in [4.69, 9.17) is 0 Å². The first kappa shape index (κ1) is 11.0. The Morgan fingerprint density at radius 1 is 1.43 bits per heavy atom. The lowest BCUT2D eigenvalue weighted by molar-refractivity contribution is -0.120. The summed E-state index contributed by atoms with van der Waals surface area (Å²) in [4.78, 5) is 11.3. The second-order valence-corrected chi connectivity index (χ2v) is 3.64. The molecule has 0 aliphatic carbocycles. The van der Waals surface area contributed by atoms with Gasteiger partial charge < -0.3 is 10.4 Å². The molecule has 0 unspecified atom stereocenters. The first-order valence-corrected chi connectivity index (χ1v) is 5.45. The van der Waals surface area contributed by atoms with Gasteiger partial charge in [0, 0.05) is 17.4 Å². The summed E-state index contributed by atoms with van der Waals surface area (Å²) >= 11 is 3.21. The van der Waals surface area contributed by atoms with Gasteiger partial charge in [-0.15, -0.1) is 0 Å². The van der Waals surface area contributed by atoms with Crippen molar-refractivity contribution in [3.63, 3.8) is 0 Å². The van der Waals surface area contributed by atoms with Crippen molar-refractivity contribution in [2.75, 3.05) is 11.9 Å². The monoisotopic (exact) mass is 257 g/mol. The summed E-state index contributed by atoms with van der Waals surface area (Å²) in [7, 11) is 0. The highest BCUT2D eigenvalue weighted by molar-refractivity contribution is 9.09. The van der Waals surface area contributed by atoms with Gasteiger partial charge >= 0.3 is 0 Å². The third-order valence-electron chi connectivity index (χ3n) is 1.76. The van der Waals surface area contributed by atoms with Crippen LogP contribution in [-0.4, -0.2) is 22.9 Å². The minimum absolute atomic E-state index is 0.0778. The van der Waals surface area contributed by atoms with E-state index in [2.05, 4.69) is 21.2 Å². The maximum absolute atomic E-state index is 11.3. The van der Waals surface area contributed by atoms with Crippen LogP contribution in [0.3, 0.4) is 0 Å². The number of aromatic hydroxyl groups is 1. The number of alkyl halides is 1. The molecule has 0 saturated carbocycles. The summed E-state index contributed by atoms with van der Waals surface area (Å²) in [6.45, 7) is 0.604. The van der Waals surface area contributed by atoms with E-state index in [-0.39, 0.29) is 18.1 Å². The molecule has 1 aromatic carbocycles. The predicted octanol–water partition coefficient (Wildman–Crippen LogP) is 1.45. The zero-order valence-electron chi connectivity index (χ0n) is 7.66. The number of phenolic OH excluding ortho intramolecular Hbond substituents is 1. The maximum atomic E-state index is 11.3. The van der Waals surface area contributed by atoms with Crippen molar-refractivity contribution in [3.8, 4) is 5.75 Å². The quantitative estimate of drug-likeness (QED) is 0.803. The Morgan fingerprint density at radius 3 is 2.79 bits per heavy atom. The SMILES string of the molecule is O=C(Cc1ccccc1O)NCCBr. The Bertz CT molecular complexity index is 315. The second-order valence-electron chi connectivity index (χ2n) is 2.84. The van der Waals surface area contributed by atoms with Gasteiger partial charge in [-0.2, -0.15) is 0 Å². The number of amides is 1. The van der Waals surface area contributed by atoms with E-state index in [9.17, 15) is 9.90 Å². The standard InChI is InChI=1S/C10H12BrNO2/c11-5-6-12-10(14)7-8-3-1-2-4-9(8)13/h1-4,13H,5-7H2,(H,12,14). The number of rotatable bonds is 4. The highest BCUT2D eigenvalue weighted by atomic mass is 79.9. The summed E-state index contributed by atoms with van der Waals surface area (Å²) in [6.07, 6.45) is 0.222. The Labute approximate surface area is 91.3 Å². The predicted molar refractivity (Wildman–Crippen MR) is 58.6 cm³/mol. The molecule has 76 valence electrons. The lowest BCUT2D eigenvalue weighted by Crippen LogP contribution is -2.26. The van der Waals surface area contributed by atoms with Crippen molar-refractivity contribution >= 4 is 21.8 Å². The summed E-state index contributed by atoms with van der Waals surface area (Å²) in [5.41, 5.74) is 0.652. The smallest absolute Gasteiger partial charge is 0.224 e. The van der Waals surface area contributed by atoms with E-state index >= 15 is 0 Å². The summed E-state index contributed by atoms with van der Waals surface area (Å²) < 4.78 is 0. The molecule has 1 aromatic rings. The topological polar surface area (TPSA) is 49.3 Å². The van der Waals surface area contributed by atoms with E-state index in [1.807, 2.05) is 0 Å². The minimum Gasteiger partial charge on any atom is -0.508 e. The van der Waals surface area contributed by atoms with Gasteiger partial charge in [0.15, 0.2) is 0 Å². The number of hydrogen-bond acceptors (Lipinski definition) is 2. The highest BCUT2D eigenvalue weighted by Gasteiger charge is 2.05. The van der Waals surface area contributed by atoms with Crippen molar-refractivity contribution in [3.05, 3.63) is 29.8 Å². The molecule has 0 heterocycles. The Balaban J connectivity index is 2.52. The molecule has 0 radical (unpaired) electrons. The molecule has 0 aliphatic rings. The summed E-state index contributed by atoms with van der Waals surface area (Å²) in [5, 5.41) is 12.8. The first-order chi connectivity index (χ1) is 6.74. The maximum Gasteiger partial charge on any atom is 0.224 e. The fourth-order valence-corrected chi connectivity index (χ4v) is 1.28. The van der Waals surface area contributed by atoms with Crippen LogP contribution in [0.5, 0.6) is 5.75 Å². The molecule has 14 heavy (non-hydrogen) atoms. The molecule has 0 fully saturated rings. The number of nitrogens with one attached hydrogen (secondary N) is 1. The van der Waals surface area contributed by atoms with E-state index < -0.39 is 0 Å². The Morgan fingerprint density at radius 2 is 2.14 bits per heavy atom. The van der Waals surface area contributed by atoms with Crippen LogP contribution in [0.2, 0.25) is 0 Å². The number of carbonyl (C=O) groups excluding carboxylic acids is 1. The molecule has 0 aliphatic heterocycles. The van der Waals surface area contributed by atoms with E-state index in [1.165, 1.54) is 0 Å². The Hall–Kier alpha value is -1.03. The van der Waals surface area contributed by atoms with Gasteiger partial charge in [-0.1, -0.05) is 34.1 Å². The van der Waals surface area contributed by atoms with Gasteiger partial charge in [-0.05, 0) is 6.07 Å². The van der Waals surface area contributed by atoms with Gasteiger partial charge in [0.05, 0.1) is 6.42 Å². The molecule has 0 atom stereocenters. The summed E-state index contributed by atoms with van der Waals surface area (Å²) in [6, 6.07) is 6.85. The van der Waals surface area contributed by atoms with Crippen LogP contribution in [0.25, 0.3) is 0 Å². The van der Waals surface area contributed by atoms with Gasteiger partial charge in [0.25, 0.3) is 0 Å². The van der Waals surface area contributed by atoms with Crippen molar-refractivity contribution in [1.82, 2.24) is 5.32 Å². The highest BCUT2D eigenvalue weighted by Crippen LogP contribution is 2.15. The third-order valence-corrected chi connectivity index (χ3v) is 2.16. The normalized spacial score (nSPS) is 9.79. The zero-order valence-corrected chi connectivity index (χ0v) is 9.25. The van der Waals surface area contributed by atoms with Gasteiger partial charge in [0.1, 0.15) is 5.75 Å². The van der Waals surface area contributed by atoms with Crippen LogP contribution in [0.1, 0.15) is 5.56 Å². The number of halogens is 1. The van der Waals surface area contributed by atoms with Gasteiger partial charge in [-0.3, -0.25) is 4.79 Å². The van der Waals surface area contributed by atoms with Crippen LogP contribution in [-0.2, 0) is 11.2 Å². The lowest BCUT2D eigenvalue weighted by Gasteiger charge is -2.04. The molecule has 0 aromatic heterocycles. The lowest BCUT2D eigenvalue weighted by atomic mass is 10.1. The molecule has 1 amide bonds. The average molecular weight is 258 g/mol. The third kappa shape index (κ3) is 3.38. The van der Waals surface area contributed by atoms with Crippen molar-refractivity contribution < 1.29 is 9.90 Å². The zero-order chi connectivity index (χ0) is 10.4. The fraction of sp³-hybridized carbons (Fsp3) is 0.300. The van der Waals surface area contributed by atoms with Crippen LogP contribution >= 0.6 is 15.9 Å². The number of para-hydroxylation sites is 1. The number of benzene rings is 1. The first-order valence-electron chi connectivity index (χ1n) is 4.33. The molecule has 0 bridgehead atoms. The molecule has 0 saturated heterocycles. The number of carbonyl (C=O) groups is 1. The largest absolute Gasteiger partial charge is 0.508 e. The van der Waals surface area contributed by atoms with Crippen LogP contribution in [0, 0.1) is 0 Å². The minimum atomic E-state index is -0.0778. The van der Waals surface area contributed by atoms with E-state index in [0.717, 1.165) is 5.33 Å².